The lowest BCUT2D eigenvalue weighted by molar-refractivity contribution is -0.140. The molecule has 8 heteroatoms. The standard InChI is InChI=1S/C12H24O6Si2/c1-15-19-9-3-7-17-11(13)5-6-12(14)18-8-4-10-20-16-2/h5-6H,3-4,7-10,19-20H2,1-2H3/b6-5+. The van der Waals surface area contributed by atoms with Crippen LogP contribution in [0.5, 0.6) is 0 Å². The maximum absolute atomic E-state index is 11.2. The smallest absolute Gasteiger partial charge is 0.331 e. The van der Waals surface area contributed by atoms with Crippen molar-refractivity contribution >= 4 is 31.5 Å². The van der Waals surface area contributed by atoms with Crippen LogP contribution >= 0.6 is 0 Å². The van der Waals surface area contributed by atoms with Gasteiger partial charge < -0.3 is 18.3 Å². The molecule has 0 bridgehead atoms. The molecule has 0 spiro atoms. The molecule has 0 aromatic rings. The van der Waals surface area contributed by atoms with Gasteiger partial charge in [-0.05, 0) is 24.9 Å². The summed E-state index contributed by atoms with van der Waals surface area (Å²) in [5.41, 5.74) is 0. The summed E-state index contributed by atoms with van der Waals surface area (Å²) >= 11 is 0. The maximum Gasteiger partial charge on any atom is 0.331 e. The van der Waals surface area contributed by atoms with Crippen LogP contribution in [0.1, 0.15) is 12.8 Å². The van der Waals surface area contributed by atoms with Crippen LogP contribution in [0, 0.1) is 0 Å². The number of rotatable bonds is 12. The van der Waals surface area contributed by atoms with Gasteiger partial charge >= 0.3 is 11.9 Å². The van der Waals surface area contributed by atoms with Crippen LogP contribution < -0.4 is 0 Å². The predicted molar refractivity (Wildman–Crippen MR) is 81.0 cm³/mol. The van der Waals surface area contributed by atoms with Gasteiger partial charge in [-0.25, -0.2) is 9.59 Å². The van der Waals surface area contributed by atoms with Crippen LogP contribution in [-0.4, -0.2) is 58.9 Å². The molecule has 0 atom stereocenters. The first-order valence-corrected chi connectivity index (χ1v) is 9.85. The highest BCUT2D eigenvalue weighted by Crippen LogP contribution is 1.94. The van der Waals surface area contributed by atoms with Crippen LogP contribution in [0.3, 0.4) is 0 Å². The number of esters is 2. The first-order valence-electron chi connectivity index (χ1n) is 6.70. The monoisotopic (exact) mass is 320 g/mol. The second-order valence-electron chi connectivity index (χ2n) is 4.07. The fourth-order valence-corrected chi connectivity index (χ4v) is 2.67. The number of hydrogen-bond donors (Lipinski definition) is 0. The molecular formula is C12H24O6Si2. The Hall–Kier alpha value is -0.966. The van der Waals surface area contributed by atoms with Gasteiger partial charge in [-0.2, -0.15) is 0 Å². The van der Waals surface area contributed by atoms with Crippen LogP contribution in [0.25, 0.3) is 0 Å². The summed E-state index contributed by atoms with van der Waals surface area (Å²) in [7, 11) is 2.46. The van der Waals surface area contributed by atoms with Gasteiger partial charge in [-0.3, -0.25) is 0 Å². The van der Waals surface area contributed by atoms with Gasteiger partial charge in [0.1, 0.15) is 0 Å². The Morgan fingerprint density at radius 1 is 0.850 bits per heavy atom. The minimum absolute atomic E-state index is 0.357. The third-order valence-corrected chi connectivity index (χ3v) is 4.72. The molecule has 0 fully saturated rings. The molecule has 20 heavy (non-hydrogen) atoms. The van der Waals surface area contributed by atoms with Crippen LogP contribution in [0.15, 0.2) is 12.2 Å². The number of carbonyl (C=O) groups is 2. The van der Waals surface area contributed by atoms with E-state index in [9.17, 15) is 9.59 Å². The molecule has 0 aromatic carbocycles. The molecule has 0 amide bonds. The van der Waals surface area contributed by atoms with Crippen molar-refractivity contribution in [2.45, 2.75) is 24.9 Å². The summed E-state index contributed by atoms with van der Waals surface area (Å²) in [6.07, 6.45) is 3.79. The van der Waals surface area contributed by atoms with E-state index in [2.05, 4.69) is 0 Å². The Bertz CT molecular complexity index is 268. The number of hydrogen-bond acceptors (Lipinski definition) is 6. The number of ether oxygens (including phenoxy) is 2. The molecule has 6 nitrogen and oxygen atoms in total. The Morgan fingerprint density at radius 2 is 1.25 bits per heavy atom. The molecule has 0 radical (unpaired) electrons. The van der Waals surface area contributed by atoms with Crippen LogP contribution in [0.2, 0.25) is 12.1 Å². The van der Waals surface area contributed by atoms with Crippen molar-refractivity contribution in [1.82, 2.24) is 0 Å². The largest absolute Gasteiger partial charge is 0.463 e. The zero-order valence-electron chi connectivity index (χ0n) is 12.3. The van der Waals surface area contributed by atoms with Gasteiger partial charge in [-0.15, -0.1) is 0 Å². The quantitative estimate of drug-likeness (QED) is 0.213. The maximum atomic E-state index is 11.2. The van der Waals surface area contributed by atoms with Crippen molar-refractivity contribution in [2.24, 2.45) is 0 Å². The predicted octanol–water partition coefficient (Wildman–Crippen LogP) is -0.294. The van der Waals surface area contributed by atoms with E-state index in [0.717, 1.165) is 37.1 Å². The van der Waals surface area contributed by atoms with Crippen molar-refractivity contribution in [1.29, 1.82) is 0 Å². The summed E-state index contributed by atoms with van der Waals surface area (Å²) in [5.74, 6) is -1.04. The summed E-state index contributed by atoms with van der Waals surface area (Å²) in [4.78, 5) is 22.5. The molecule has 0 aliphatic carbocycles. The van der Waals surface area contributed by atoms with Crippen molar-refractivity contribution < 1.29 is 27.9 Å². The molecule has 0 aliphatic rings. The third kappa shape index (κ3) is 13.5. The minimum Gasteiger partial charge on any atom is -0.463 e. The molecule has 0 heterocycles. The first kappa shape index (κ1) is 19.0. The number of carbonyl (C=O) groups excluding carboxylic acids is 2. The third-order valence-electron chi connectivity index (χ3n) is 2.33. The Morgan fingerprint density at radius 3 is 1.60 bits per heavy atom. The van der Waals surface area contributed by atoms with E-state index < -0.39 is 31.5 Å². The lowest BCUT2D eigenvalue weighted by Crippen LogP contribution is -2.07. The van der Waals surface area contributed by atoms with Crippen LogP contribution in [-0.2, 0) is 27.9 Å². The highest BCUT2D eigenvalue weighted by Gasteiger charge is 2.01. The Labute approximate surface area is 124 Å². The Balaban J connectivity index is 3.54. The van der Waals surface area contributed by atoms with Crippen molar-refractivity contribution in [3.05, 3.63) is 12.2 Å². The van der Waals surface area contributed by atoms with Crippen molar-refractivity contribution in [3.63, 3.8) is 0 Å². The van der Waals surface area contributed by atoms with E-state index >= 15 is 0 Å². The highest BCUT2D eigenvalue weighted by molar-refractivity contribution is 6.27. The summed E-state index contributed by atoms with van der Waals surface area (Å²) in [5, 5.41) is 0. The molecule has 0 rings (SSSR count). The molecule has 0 aliphatic heterocycles. The normalized spacial score (nSPS) is 11.9. The molecule has 0 N–H and O–H groups in total. The van der Waals surface area contributed by atoms with E-state index in [1.54, 1.807) is 14.2 Å². The highest BCUT2D eigenvalue weighted by atomic mass is 28.2. The zero-order valence-corrected chi connectivity index (χ0v) is 15.1. The van der Waals surface area contributed by atoms with Gasteiger partial charge in [0.15, 0.2) is 19.5 Å². The second kappa shape index (κ2) is 14.4. The van der Waals surface area contributed by atoms with E-state index in [4.69, 9.17) is 18.3 Å². The SMILES string of the molecule is CO[SiH2]CCCOC(=O)/C=C/C(=O)OCCC[SiH2]OC. The molecule has 116 valence electrons. The van der Waals surface area contributed by atoms with Crippen LogP contribution in [0.4, 0.5) is 0 Å². The molecular weight excluding hydrogens is 296 g/mol. The lowest BCUT2D eigenvalue weighted by Gasteiger charge is -2.02. The fourth-order valence-electron chi connectivity index (χ4n) is 1.27. The topological polar surface area (TPSA) is 71.1 Å². The molecule has 0 saturated heterocycles. The van der Waals surface area contributed by atoms with Gasteiger partial charge in [0.05, 0.1) is 13.2 Å². The average molecular weight is 320 g/mol. The minimum atomic E-state index is -0.521. The Kier molecular flexibility index (Phi) is 13.7. The summed E-state index contributed by atoms with van der Waals surface area (Å²) < 4.78 is 19.9. The molecule has 0 unspecified atom stereocenters. The van der Waals surface area contributed by atoms with E-state index in [1.807, 2.05) is 0 Å². The first-order chi connectivity index (χ1) is 9.70. The second-order valence-corrected chi connectivity index (χ2v) is 7.45. The lowest BCUT2D eigenvalue weighted by atomic mass is 10.4. The van der Waals surface area contributed by atoms with Gasteiger partial charge in [0, 0.05) is 26.4 Å². The van der Waals surface area contributed by atoms with E-state index in [-0.39, 0.29) is 0 Å². The zero-order chi connectivity index (χ0) is 15.1. The van der Waals surface area contributed by atoms with Crippen molar-refractivity contribution in [2.75, 3.05) is 27.4 Å². The molecule has 0 aromatic heterocycles. The summed E-state index contributed by atoms with van der Waals surface area (Å²) in [6.45, 7) is 0.715. The fraction of sp³-hybridized carbons (Fsp3) is 0.667. The average Bonchev–Trinajstić information content (AvgIpc) is 2.44. The van der Waals surface area contributed by atoms with E-state index in [0.29, 0.717) is 13.2 Å². The van der Waals surface area contributed by atoms with Gasteiger partial charge in [-0.1, -0.05) is 0 Å². The summed E-state index contributed by atoms with van der Waals surface area (Å²) in [6, 6.07) is 1.95. The van der Waals surface area contributed by atoms with E-state index in [1.165, 1.54) is 0 Å². The molecule has 0 saturated carbocycles. The van der Waals surface area contributed by atoms with Gasteiger partial charge in [0.2, 0.25) is 0 Å². The van der Waals surface area contributed by atoms with Crippen molar-refractivity contribution in [3.8, 4) is 0 Å². The van der Waals surface area contributed by atoms with Gasteiger partial charge in [0.25, 0.3) is 0 Å².